The number of unbranched alkanes of at least 4 members (excludes halogenated alkanes) is 1. The van der Waals surface area contributed by atoms with Crippen molar-refractivity contribution in [3.8, 4) is 0 Å². The highest BCUT2D eigenvalue weighted by Gasteiger charge is 2.48. The summed E-state index contributed by atoms with van der Waals surface area (Å²) in [6.07, 6.45) is 5.00. The van der Waals surface area contributed by atoms with Crippen LogP contribution < -0.4 is 5.73 Å². The molecular weight excluding hydrogens is 166 g/mol. The smallest absolute Gasteiger partial charge is 0.326 e. The Morgan fingerprint density at radius 2 is 2.23 bits per heavy atom. The van der Waals surface area contributed by atoms with E-state index in [0.717, 1.165) is 32.1 Å². The van der Waals surface area contributed by atoms with E-state index in [2.05, 4.69) is 6.92 Å². The molecule has 0 radical (unpaired) electrons. The van der Waals surface area contributed by atoms with Crippen LogP contribution in [0.15, 0.2) is 0 Å². The van der Waals surface area contributed by atoms with Gasteiger partial charge in [-0.15, -0.1) is 0 Å². The molecule has 1 rings (SSSR count). The Bertz CT molecular complexity index is 189. The molecule has 0 aromatic heterocycles. The lowest BCUT2D eigenvalue weighted by molar-refractivity contribution is -0.148. The van der Waals surface area contributed by atoms with E-state index in [1.165, 1.54) is 7.11 Å². The lowest BCUT2D eigenvalue weighted by Gasteiger charge is -2.26. The molecule has 76 valence electrons. The molecule has 3 nitrogen and oxygen atoms in total. The summed E-state index contributed by atoms with van der Waals surface area (Å²) in [4.78, 5) is 11.5. The fraction of sp³-hybridized carbons (Fsp3) is 0.900. The molecule has 1 saturated carbocycles. The lowest BCUT2D eigenvalue weighted by atomic mass is 9.88. The first-order valence-electron chi connectivity index (χ1n) is 5.02. The third kappa shape index (κ3) is 2.21. The number of carbonyl (C=O) groups is 1. The summed E-state index contributed by atoms with van der Waals surface area (Å²) in [7, 11) is 1.41. The van der Waals surface area contributed by atoms with Gasteiger partial charge in [0, 0.05) is 0 Å². The standard InChI is InChI=1S/C10H19NO2/c1-3-4-7-10(11,8-5-6-8)9(12)13-2/h8H,3-7,11H2,1-2H3. The van der Waals surface area contributed by atoms with Crippen molar-refractivity contribution >= 4 is 5.97 Å². The monoisotopic (exact) mass is 185 g/mol. The quantitative estimate of drug-likeness (QED) is 0.660. The fourth-order valence-corrected chi connectivity index (χ4v) is 1.73. The first-order chi connectivity index (χ1) is 6.15. The SMILES string of the molecule is CCCCC(N)(C(=O)OC)C1CC1. The van der Waals surface area contributed by atoms with E-state index in [1.807, 2.05) is 0 Å². The maximum atomic E-state index is 11.5. The van der Waals surface area contributed by atoms with Crippen LogP contribution >= 0.6 is 0 Å². The van der Waals surface area contributed by atoms with E-state index in [-0.39, 0.29) is 5.97 Å². The molecule has 0 spiro atoms. The molecule has 1 fully saturated rings. The second-order valence-corrected chi connectivity index (χ2v) is 3.91. The summed E-state index contributed by atoms with van der Waals surface area (Å²) in [6.45, 7) is 2.10. The zero-order valence-electron chi connectivity index (χ0n) is 8.51. The van der Waals surface area contributed by atoms with Gasteiger partial charge in [0.25, 0.3) is 0 Å². The van der Waals surface area contributed by atoms with Crippen molar-refractivity contribution in [2.75, 3.05) is 7.11 Å². The van der Waals surface area contributed by atoms with Gasteiger partial charge in [-0.05, 0) is 25.2 Å². The van der Waals surface area contributed by atoms with Gasteiger partial charge in [-0.1, -0.05) is 19.8 Å². The zero-order valence-corrected chi connectivity index (χ0v) is 8.51. The van der Waals surface area contributed by atoms with Crippen LogP contribution in [0, 0.1) is 5.92 Å². The van der Waals surface area contributed by atoms with E-state index in [0.29, 0.717) is 5.92 Å². The van der Waals surface area contributed by atoms with Gasteiger partial charge in [0.15, 0.2) is 0 Å². The fourth-order valence-electron chi connectivity index (χ4n) is 1.73. The lowest BCUT2D eigenvalue weighted by Crippen LogP contribution is -2.50. The molecule has 1 atom stereocenters. The first kappa shape index (κ1) is 10.5. The summed E-state index contributed by atoms with van der Waals surface area (Å²) in [5.41, 5.74) is 5.38. The average molecular weight is 185 g/mol. The van der Waals surface area contributed by atoms with Crippen molar-refractivity contribution in [2.24, 2.45) is 11.7 Å². The van der Waals surface area contributed by atoms with Gasteiger partial charge in [0.2, 0.25) is 0 Å². The van der Waals surface area contributed by atoms with Crippen LogP contribution in [0.5, 0.6) is 0 Å². The summed E-state index contributed by atoms with van der Waals surface area (Å²) in [5.74, 6) is 0.134. The number of rotatable bonds is 5. The van der Waals surface area contributed by atoms with Crippen molar-refractivity contribution in [1.29, 1.82) is 0 Å². The van der Waals surface area contributed by atoms with Crippen molar-refractivity contribution < 1.29 is 9.53 Å². The molecule has 0 heterocycles. The van der Waals surface area contributed by atoms with E-state index in [1.54, 1.807) is 0 Å². The van der Waals surface area contributed by atoms with Crippen molar-refractivity contribution in [2.45, 2.75) is 44.6 Å². The van der Waals surface area contributed by atoms with Crippen LogP contribution in [0.1, 0.15) is 39.0 Å². The summed E-state index contributed by atoms with van der Waals surface area (Å²) in [5, 5.41) is 0. The van der Waals surface area contributed by atoms with E-state index < -0.39 is 5.54 Å². The topological polar surface area (TPSA) is 52.3 Å². The minimum Gasteiger partial charge on any atom is -0.468 e. The number of methoxy groups -OCH3 is 1. The normalized spacial score (nSPS) is 20.8. The van der Waals surface area contributed by atoms with Gasteiger partial charge in [0.05, 0.1) is 7.11 Å². The van der Waals surface area contributed by atoms with Gasteiger partial charge in [-0.2, -0.15) is 0 Å². The van der Waals surface area contributed by atoms with Crippen LogP contribution in [0.25, 0.3) is 0 Å². The van der Waals surface area contributed by atoms with Crippen molar-refractivity contribution in [3.63, 3.8) is 0 Å². The minimum absolute atomic E-state index is 0.233. The predicted molar refractivity (Wildman–Crippen MR) is 51.2 cm³/mol. The number of nitrogens with two attached hydrogens (primary N) is 1. The Kier molecular flexibility index (Phi) is 3.31. The van der Waals surface area contributed by atoms with Crippen LogP contribution in [0.2, 0.25) is 0 Å². The molecule has 0 amide bonds. The molecule has 0 bridgehead atoms. The Morgan fingerprint density at radius 1 is 1.62 bits per heavy atom. The Labute approximate surface area is 79.6 Å². The van der Waals surface area contributed by atoms with Crippen LogP contribution in [0.3, 0.4) is 0 Å². The molecule has 0 saturated heterocycles. The molecule has 1 aliphatic carbocycles. The predicted octanol–water partition coefficient (Wildman–Crippen LogP) is 1.46. The van der Waals surface area contributed by atoms with Gasteiger partial charge in [-0.3, -0.25) is 4.79 Å². The number of carbonyl (C=O) groups excluding carboxylic acids is 1. The van der Waals surface area contributed by atoms with Crippen molar-refractivity contribution in [3.05, 3.63) is 0 Å². The summed E-state index contributed by atoms with van der Waals surface area (Å²) >= 11 is 0. The number of ether oxygens (including phenoxy) is 1. The van der Waals surface area contributed by atoms with Gasteiger partial charge in [0.1, 0.15) is 5.54 Å². The molecule has 3 heteroatoms. The van der Waals surface area contributed by atoms with Crippen LogP contribution in [-0.4, -0.2) is 18.6 Å². The highest BCUT2D eigenvalue weighted by atomic mass is 16.5. The Balaban J connectivity index is 2.56. The van der Waals surface area contributed by atoms with Gasteiger partial charge >= 0.3 is 5.97 Å². The van der Waals surface area contributed by atoms with E-state index >= 15 is 0 Å². The summed E-state index contributed by atoms with van der Waals surface area (Å²) in [6, 6.07) is 0. The minimum atomic E-state index is -0.690. The molecule has 13 heavy (non-hydrogen) atoms. The second-order valence-electron chi connectivity index (χ2n) is 3.91. The van der Waals surface area contributed by atoms with Gasteiger partial charge in [-0.25, -0.2) is 0 Å². The Hall–Kier alpha value is -0.570. The highest BCUT2D eigenvalue weighted by Crippen LogP contribution is 2.41. The molecule has 1 aliphatic rings. The molecular formula is C10H19NO2. The third-order valence-electron chi connectivity index (χ3n) is 2.82. The van der Waals surface area contributed by atoms with E-state index in [9.17, 15) is 4.79 Å². The zero-order chi connectivity index (χ0) is 9.90. The maximum Gasteiger partial charge on any atom is 0.326 e. The highest BCUT2D eigenvalue weighted by molar-refractivity contribution is 5.81. The Morgan fingerprint density at radius 3 is 2.62 bits per heavy atom. The molecule has 0 aliphatic heterocycles. The number of esters is 1. The molecule has 0 aromatic rings. The van der Waals surface area contributed by atoms with E-state index in [4.69, 9.17) is 10.5 Å². The average Bonchev–Trinajstić information content (AvgIpc) is 2.96. The second kappa shape index (κ2) is 4.09. The number of hydrogen-bond donors (Lipinski definition) is 1. The number of hydrogen-bond acceptors (Lipinski definition) is 3. The third-order valence-corrected chi connectivity index (χ3v) is 2.82. The largest absolute Gasteiger partial charge is 0.468 e. The van der Waals surface area contributed by atoms with Crippen molar-refractivity contribution in [1.82, 2.24) is 0 Å². The molecule has 2 N–H and O–H groups in total. The van der Waals surface area contributed by atoms with Gasteiger partial charge < -0.3 is 10.5 Å². The summed E-state index contributed by atoms with van der Waals surface area (Å²) < 4.78 is 4.75. The maximum absolute atomic E-state index is 11.5. The molecule has 0 aromatic carbocycles. The first-order valence-corrected chi connectivity index (χ1v) is 5.02. The van der Waals surface area contributed by atoms with Crippen LogP contribution in [0.4, 0.5) is 0 Å². The molecule has 1 unspecified atom stereocenters. The van der Waals surface area contributed by atoms with Crippen LogP contribution in [-0.2, 0) is 9.53 Å².